The standard InChI is InChI=1S/C14H22N2O4/c1-14(2,3)20-13(17)16-12-9-11(18-4)6-5-10(12)7-8-19-15/h5-6,9H,7-8,15H2,1-4H3,(H,16,17). The zero-order valence-corrected chi connectivity index (χ0v) is 12.4. The minimum Gasteiger partial charge on any atom is -0.497 e. The van der Waals surface area contributed by atoms with Crippen LogP contribution in [0.2, 0.25) is 0 Å². The van der Waals surface area contributed by atoms with Gasteiger partial charge in [-0.05, 0) is 38.8 Å². The number of benzene rings is 1. The first kappa shape index (κ1) is 16.3. The van der Waals surface area contributed by atoms with Crippen molar-refractivity contribution in [2.45, 2.75) is 32.8 Å². The minimum absolute atomic E-state index is 0.356. The number of ether oxygens (including phenoxy) is 2. The summed E-state index contributed by atoms with van der Waals surface area (Å²) in [6.07, 6.45) is 0.0618. The third-order valence-corrected chi connectivity index (χ3v) is 2.44. The molecule has 0 radical (unpaired) electrons. The number of anilines is 1. The van der Waals surface area contributed by atoms with Crippen LogP contribution in [-0.4, -0.2) is 25.4 Å². The average Bonchev–Trinajstić information content (AvgIpc) is 2.34. The van der Waals surface area contributed by atoms with Crippen molar-refractivity contribution in [3.05, 3.63) is 23.8 Å². The minimum atomic E-state index is -0.552. The van der Waals surface area contributed by atoms with Gasteiger partial charge in [0.2, 0.25) is 0 Å². The first-order valence-corrected chi connectivity index (χ1v) is 6.34. The number of rotatable bonds is 5. The zero-order chi connectivity index (χ0) is 15.2. The Bertz CT molecular complexity index is 455. The van der Waals surface area contributed by atoms with Crippen molar-refractivity contribution in [2.75, 3.05) is 19.0 Å². The smallest absolute Gasteiger partial charge is 0.412 e. The molecule has 1 aromatic rings. The van der Waals surface area contributed by atoms with Crippen molar-refractivity contribution >= 4 is 11.8 Å². The number of nitrogens with one attached hydrogen (secondary N) is 1. The molecular weight excluding hydrogens is 260 g/mol. The zero-order valence-electron chi connectivity index (χ0n) is 12.4. The monoisotopic (exact) mass is 282 g/mol. The molecular formula is C14H22N2O4. The third-order valence-electron chi connectivity index (χ3n) is 2.44. The van der Waals surface area contributed by atoms with Crippen LogP contribution < -0.4 is 16.0 Å². The molecule has 1 amide bonds. The van der Waals surface area contributed by atoms with Crippen LogP contribution in [-0.2, 0) is 16.0 Å². The van der Waals surface area contributed by atoms with Gasteiger partial charge < -0.3 is 14.3 Å². The van der Waals surface area contributed by atoms with Gasteiger partial charge in [0, 0.05) is 6.07 Å². The molecule has 1 aromatic carbocycles. The quantitative estimate of drug-likeness (QED) is 0.811. The fourth-order valence-electron chi connectivity index (χ4n) is 1.60. The first-order chi connectivity index (χ1) is 9.35. The molecule has 112 valence electrons. The summed E-state index contributed by atoms with van der Waals surface area (Å²) in [5, 5.41) is 2.71. The van der Waals surface area contributed by atoms with Gasteiger partial charge in [-0.15, -0.1) is 0 Å². The van der Waals surface area contributed by atoms with Crippen LogP contribution in [0.4, 0.5) is 10.5 Å². The molecule has 0 aliphatic heterocycles. The second-order valence-electron chi connectivity index (χ2n) is 5.27. The van der Waals surface area contributed by atoms with E-state index in [1.54, 1.807) is 33.9 Å². The summed E-state index contributed by atoms with van der Waals surface area (Å²) in [6.45, 7) is 5.78. The number of hydrogen-bond donors (Lipinski definition) is 2. The lowest BCUT2D eigenvalue weighted by Gasteiger charge is -2.20. The molecule has 0 aliphatic carbocycles. The van der Waals surface area contributed by atoms with Crippen LogP contribution in [0.5, 0.6) is 5.75 Å². The summed E-state index contributed by atoms with van der Waals surface area (Å²) in [4.78, 5) is 16.4. The average molecular weight is 282 g/mol. The largest absolute Gasteiger partial charge is 0.497 e. The van der Waals surface area contributed by atoms with Gasteiger partial charge in [-0.3, -0.25) is 5.32 Å². The highest BCUT2D eigenvalue weighted by Gasteiger charge is 2.17. The maximum absolute atomic E-state index is 11.8. The fraction of sp³-hybridized carbons (Fsp3) is 0.500. The topological polar surface area (TPSA) is 82.8 Å². The lowest BCUT2D eigenvalue weighted by Crippen LogP contribution is -2.27. The Labute approximate surface area is 119 Å². The van der Waals surface area contributed by atoms with Crippen LogP contribution in [0.3, 0.4) is 0 Å². The Morgan fingerprint density at radius 1 is 1.35 bits per heavy atom. The summed E-state index contributed by atoms with van der Waals surface area (Å²) in [6, 6.07) is 5.40. The predicted octanol–water partition coefficient (Wildman–Crippen LogP) is 2.48. The van der Waals surface area contributed by atoms with Crippen LogP contribution in [0.25, 0.3) is 0 Å². The summed E-state index contributed by atoms with van der Waals surface area (Å²) < 4.78 is 10.4. The second kappa shape index (κ2) is 7.12. The number of carbonyl (C=O) groups excluding carboxylic acids is 1. The van der Waals surface area contributed by atoms with Gasteiger partial charge >= 0.3 is 6.09 Å². The molecule has 1 rings (SSSR count). The summed E-state index contributed by atoms with van der Waals surface area (Å²) in [5.41, 5.74) is 0.960. The molecule has 0 saturated heterocycles. The molecule has 0 saturated carbocycles. The highest BCUT2D eigenvalue weighted by molar-refractivity contribution is 5.86. The van der Waals surface area contributed by atoms with Gasteiger partial charge in [0.25, 0.3) is 0 Å². The van der Waals surface area contributed by atoms with E-state index in [9.17, 15) is 4.79 Å². The summed E-state index contributed by atoms with van der Waals surface area (Å²) in [5.74, 6) is 5.68. The van der Waals surface area contributed by atoms with E-state index in [1.165, 1.54) is 0 Å². The van der Waals surface area contributed by atoms with Gasteiger partial charge in [0.1, 0.15) is 11.4 Å². The Balaban J connectivity index is 2.86. The van der Waals surface area contributed by atoms with E-state index in [-0.39, 0.29) is 0 Å². The molecule has 3 N–H and O–H groups in total. The van der Waals surface area contributed by atoms with Crippen LogP contribution in [0.1, 0.15) is 26.3 Å². The Kier molecular flexibility index (Phi) is 5.79. The normalized spacial score (nSPS) is 11.1. The van der Waals surface area contributed by atoms with Gasteiger partial charge in [-0.2, -0.15) is 0 Å². The number of amides is 1. The van der Waals surface area contributed by atoms with Gasteiger partial charge in [0.05, 0.1) is 19.4 Å². The molecule has 0 spiro atoms. The molecule has 0 heterocycles. The molecule has 6 heteroatoms. The maximum atomic E-state index is 11.8. The van der Waals surface area contributed by atoms with Crippen molar-refractivity contribution < 1.29 is 19.1 Å². The second-order valence-corrected chi connectivity index (χ2v) is 5.27. The Morgan fingerprint density at radius 3 is 2.60 bits per heavy atom. The van der Waals surface area contributed by atoms with Crippen molar-refractivity contribution in [2.24, 2.45) is 5.90 Å². The number of hydrogen-bond acceptors (Lipinski definition) is 5. The van der Waals surface area contributed by atoms with Crippen molar-refractivity contribution in [1.29, 1.82) is 0 Å². The van der Waals surface area contributed by atoms with Gasteiger partial charge in [-0.1, -0.05) is 6.07 Å². The first-order valence-electron chi connectivity index (χ1n) is 6.34. The molecule has 0 atom stereocenters. The SMILES string of the molecule is COc1ccc(CCON)c(NC(=O)OC(C)(C)C)c1. The lowest BCUT2D eigenvalue weighted by molar-refractivity contribution is 0.0635. The van der Waals surface area contributed by atoms with E-state index in [4.69, 9.17) is 15.4 Å². The van der Waals surface area contributed by atoms with E-state index in [0.29, 0.717) is 24.5 Å². The predicted molar refractivity (Wildman–Crippen MR) is 76.7 cm³/mol. The fourth-order valence-corrected chi connectivity index (χ4v) is 1.60. The van der Waals surface area contributed by atoms with Crippen LogP contribution >= 0.6 is 0 Å². The number of nitrogens with two attached hydrogens (primary N) is 1. The number of methoxy groups -OCH3 is 1. The van der Waals surface area contributed by atoms with Gasteiger partial charge in [0.15, 0.2) is 0 Å². The highest BCUT2D eigenvalue weighted by atomic mass is 16.6. The maximum Gasteiger partial charge on any atom is 0.412 e. The van der Waals surface area contributed by atoms with E-state index in [1.807, 2.05) is 12.1 Å². The lowest BCUT2D eigenvalue weighted by atomic mass is 10.1. The molecule has 6 nitrogen and oxygen atoms in total. The van der Waals surface area contributed by atoms with Crippen molar-refractivity contribution in [1.82, 2.24) is 0 Å². The molecule has 0 unspecified atom stereocenters. The highest BCUT2D eigenvalue weighted by Crippen LogP contribution is 2.23. The molecule has 0 fully saturated rings. The Hall–Kier alpha value is -1.79. The molecule has 0 aromatic heterocycles. The Morgan fingerprint density at radius 2 is 2.05 bits per heavy atom. The molecule has 0 bridgehead atoms. The number of carbonyl (C=O) groups is 1. The van der Waals surface area contributed by atoms with E-state index >= 15 is 0 Å². The van der Waals surface area contributed by atoms with E-state index in [2.05, 4.69) is 10.2 Å². The summed E-state index contributed by atoms with van der Waals surface area (Å²) >= 11 is 0. The summed E-state index contributed by atoms with van der Waals surface area (Å²) in [7, 11) is 1.56. The molecule has 20 heavy (non-hydrogen) atoms. The third kappa shape index (κ3) is 5.46. The van der Waals surface area contributed by atoms with Crippen molar-refractivity contribution in [3.8, 4) is 5.75 Å². The van der Waals surface area contributed by atoms with E-state index < -0.39 is 11.7 Å². The molecule has 0 aliphatic rings. The van der Waals surface area contributed by atoms with Crippen LogP contribution in [0, 0.1) is 0 Å². The van der Waals surface area contributed by atoms with E-state index in [0.717, 1.165) is 5.56 Å². The van der Waals surface area contributed by atoms with Crippen molar-refractivity contribution in [3.63, 3.8) is 0 Å². The van der Waals surface area contributed by atoms with Crippen LogP contribution in [0.15, 0.2) is 18.2 Å². The van der Waals surface area contributed by atoms with Gasteiger partial charge in [-0.25, -0.2) is 10.7 Å².